The van der Waals surface area contributed by atoms with Crippen LogP contribution in [-0.2, 0) is 9.53 Å². The molecule has 0 saturated carbocycles. The number of hydrogen-bond donors (Lipinski definition) is 2. The second-order valence-electron chi connectivity index (χ2n) is 4.09. The van der Waals surface area contributed by atoms with Crippen LogP contribution in [-0.4, -0.2) is 55.7 Å². The second kappa shape index (κ2) is 5.16. The quantitative estimate of drug-likeness (QED) is 0.656. The summed E-state index contributed by atoms with van der Waals surface area (Å²) in [6.45, 7) is 2.58. The molecule has 2 aliphatic heterocycles. The number of rotatable bonds is 2. The van der Waals surface area contributed by atoms with Gasteiger partial charge in [-0.1, -0.05) is 0 Å². The Balaban J connectivity index is 1.72. The molecule has 0 aromatic carbocycles. The number of hydrogen-bond acceptors (Lipinski definition) is 3. The van der Waals surface area contributed by atoms with Crippen molar-refractivity contribution < 1.29 is 14.3 Å². The van der Waals surface area contributed by atoms with Crippen LogP contribution in [0.2, 0.25) is 0 Å². The van der Waals surface area contributed by atoms with Gasteiger partial charge in [0.05, 0.1) is 6.10 Å². The predicted molar refractivity (Wildman–Crippen MR) is 57.0 cm³/mol. The second-order valence-corrected chi connectivity index (χ2v) is 4.09. The molecule has 0 aliphatic carbocycles. The van der Waals surface area contributed by atoms with Crippen molar-refractivity contribution in [1.82, 2.24) is 15.5 Å². The molecule has 2 heterocycles. The van der Waals surface area contributed by atoms with Crippen LogP contribution in [0.5, 0.6) is 0 Å². The average Bonchev–Trinajstić information content (AvgIpc) is 2.78. The van der Waals surface area contributed by atoms with E-state index in [1.165, 1.54) is 4.90 Å². The van der Waals surface area contributed by atoms with E-state index in [4.69, 9.17) is 4.74 Å². The van der Waals surface area contributed by atoms with Gasteiger partial charge in [-0.05, 0) is 12.8 Å². The summed E-state index contributed by atoms with van der Waals surface area (Å²) in [5.41, 5.74) is 0. The van der Waals surface area contributed by atoms with Crippen molar-refractivity contribution in [2.75, 3.05) is 32.8 Å². The van der Waals surface area contributed by atoms with Crippen molar-refractivity contribution in [3.63, 3.8) is 0 Å². The molecule has 16 heavy (non-hydrogen) atoms. The largest absolute Gasteiger partial charge is 0.376 e. The van der Waals surface area contributed by atoms with Crippen molar-refractivity contribution in [2.45, 2.75) is 18.9 Å². The van der Waals surface area contributed by atoms with Gasteiger partial charge in [0.15, 0.2) is 0 Å². The molecule has 2 N–H and O–H groups in total. The fraction of sp³-hybridized carbons (Fsp3) is 0.800. The van der Waals surface area contributed by atoms with Crippen LogP contribution in [0.15, 0.2) is 0 Å². The minimum absolute atomic E-state index is 0.0986. The van der Waals surface area contributed by atoms with E-state index in [1.807, 2.05) is 0 Å². The minimum atomic E-state index is -0.176. The van der Waals surface area contributed by atoms with E-state index in [-0.39, 0.29) is 24.6 Å². The lowest BCUT2D eigenvalue weighted by molar-refractivity contribution is -0.123. The highest BCUT2D eigenvalue weighted by atomic mass is 16.5. The van der Waals surface area contributed by atoms with Crippen molar-refractivity contribution in [1.29, 1.82) is 0 Å². The van der Waals surface area contributed by atoms with E-state index in [9.17, 15) is 9.59 Å². The van der Waals surface area contributed by atoms with E-state index in [0.29, 0.717) is 19.6 Å². The number of piperazine rings is 1. The van der Waals surface area contributed by atoms with E-state index in [2.05, 4.69) is 10.6 Å². The molecule has 0 aromatic rings. The SMILES string of the molecule is O=C1CN(C(=O)NC[C@@H]2CCCO2)CCN1. The molecule has 0 aromatic heterocycles. The summed E-state index contributed by atoms with van der Waals surface area (Å²) in [6, 6.07) is -0.176. The molecule has 2 fully saturated rings. The first-order valence-electron chi connectivity index (χ1n) is 5.67. The Bertz CT molecular complexity index is 276. The third kappa shape index (κ3) is 2.85. The van der Waals surface area contributed by atoms with Crippen LogP contribution in [0.1, 0.15) is 12.8 Å². The van der Waals surface area contributed by atoms with Gasteiger partial charge in [0.25, 0.3) is 0 Å². The first-order chi connectivity index (χ1) is 7.75. The molecule has 3 amide bonds. The van der Waals surface area contributed by atoms with Gasteiger partial charge in [0.2, 0.25) is 5.91 Å². The predicted octanol–water partition coefficient (Wildman–Crippen LogP) is -0.693. The molecular weight excluding hydrogens is 210 g/mol. The van der Waals surface area contributed by atoms with Gasteiger partial charge in [-0.3, -0.25) is 4.79 Å². The van der Waals surface area contributed by atoms with E-state index < -0.39 is 0 Å². The summed E-state index contributed by atoms with van der Waals surface area (Å²) in [6.07, 6.45) is 2.20. The highest BCUT2D eigenvalue weighted by molar-refractivity contribution is 5.85. The van der Waals surface area contributed by atoms with Gasteiger partial charge in [0, 0.05) is 26.2 Å². The highest BCUT2D eigenvalue weighted by Crippen LogP contribution is 2.10. The third-order valence-electron chi connectivity index (χ3n) is 2.83. The van der Waals surface area contributed by atoms with E-state index in [0.717, 1.165) is 19.4 Å². The molecular formula is C10H17N3O3. The Morgan fingerprint density at radius 2 is 2.50 bits per heavy atom. The Hall–Kier alpha value is -1.30. The topological polar surface area (TPSA) is 70.7 Å². The van der Waals surface area contributed by atoms with E-state index >= 15 is 0 Å². The van der Waals surface area contributed by atoms with Crippen LogP contribution in [0.4, 0.5) is 4.79 Å². The maximum atomic E-state index is 11.7. The van der Waals surface area contributed by atoms with Gasteiger partial charge >= 0.3 is 6.03 Å². The molecule has 2 aliphatic rings. The number of nitrogens with one attached hydrogen (secondary N) is 2. The summed E-state index contributed by atoms with van der Waals surface area (Å²) in [5.74, 6) is -0.0986. The molecule has 0 radical (unpaired) electrons. The smallest absolute Gasteiger partial charge is 0.318 e. The maximum absolute atomic E-state index is 11.7. The van der Waals surface area contributed by atoms with Gasteiger partial charge in [-0.2, -0.15) is 0 Å². The number of nitrogens with zero attached hydrogens (tertiary/aromatic N) is 1. The van der Waals surface area contributed by atoms with E-state index in [1.54, 1.807) is 0 Å². The van der Waals surface area contributed by atoms with Gasteiger partial charge in [0.1, 0.15) is 6.54 Å². The first kappa shape index (κ1) is 11.2. The summed E-state index contributed by atoms with van der Waals surface area (Å²) in [4.78, 5) is 24.3. The fourth-order valence-electron chi connectivity index (χ4n) is 1.93. The Morgan fingerprint density at radius 3 is 3.19 bits per heavy atom. The zero-order valence-corrected chi connectivity index (χ0v) is 9.20. The third-order valence-corrected chi connectivity index (χ3v) is 2.83. The van der Waals surface area contributed by atoms with Crippen LogP contribution in [0.25, 0.3) is 0 Å². The Kier molecular flexibility index (Phi) is 3.61. The molecule has 1 atom stereocenters. The number of ether oxygens (including phenoxy) is 1. The van der Waals surface area contributed by atoms with Crippen LogP contribution in [0, 0.1) is 0 Å². The maximum Gasteiger partial charge on any atom is 0.318 e. The molecule has 0 unspecified atom stereocenters. The normalized spacial score (nSPS) is 25.4. The molecule has 6 heteroatoms. The van der Waals surface area contributed by atoms with Crippen molar-refractivity contribution in [3.8, 4) is 0 Å². The van der Waals surface area contributed by atoms with Crippen LogP contribution in [0.3, 0.4) is 0 Å². The molecule has 0 bridgehead atoms. The minimum Gasteiger partial charge on any atom is -0.376 e. The average molecular weight is 227 g/mol. The van der Waals surface area contributed by atoms with Gasteiger partial charge < -0.3 is 20.3 Å². The molecule has 2 rings (SSSR count). The lowest BCUT2D eigenvalue weighted by Gasteiger charge is -2.27. The zero-order valence-electron chi connectivity index (χ0n) is 9.20. The van der Waals surface area contributed by atoms with Crippen molar-refractivity contribution in [2.24, 2.45) is 0 Å². The van der Waals surface area contributed by atoms with Crippen molar-refractivity contribution in [3.05, 3.63) is 0 Å². The molecule has 2 saturated heterocycles. The number of carbonyl (C=O) groups excluding carboxylic acids is 2. The summed E-state index contributed by atoms with van der Waals surface area (Å²) < 4.78 is 5.40. The number of amides is 3. The molecule has 90 valence electrons. The number of urea groups is 1. The standard InChI is InChI=1S/C10H17N3O3/c14-9-7-13(4-3-11-9)10(15)12-6-8-2-1-5-16-8/h8H,1-7H2,(H,11,14)(H,12,15)/t8-/m0/s1. The Labute approximate surface area is 94.3 Å². The fourth-order valence-corrected chi connectivity index (χ4v) is 1.93. The summed E-state index contributed by atoms with van der Waals surface area (Å²) >= 11 is 0. The Morgan fingerprint density at radius 1 is 1.62 bits per heavy atom. The van der Waals surface area contributed by atoms with Crippen LogP contribution >= 0.6 is 0 Å². The first-order valence-corrected chi connectivity index (χ1v) is 5.67. The monoisotopic (exact) mass is 227 g/mol. The lowest BCUT2D eigenvalue weighted by Crippen LogP contribution is -2.53. The zero-order chi connectivity index (χ0) is 11.4. The van der Waals surface area contributed by atoms with Gasteiger partial charge in [-0.25, -0.2) is 4.79 Å². The van der Waals surface area contributed by atoms with Crippen molar-refractivity contribution >= 4 is 11.9 Å². The van der Waals surface area contributed by atoms with Gasteiger partial charge in [-0.15, -0.1) is 0 Å². The summed E-state index contributed by atoms with van der Waals surface area (Å²) in [7, 11) is 0. The summed E-state index contributed by atoms with van der Waals surface area (Å²) in [5, 5.41) is 5.48. The lowest BCUT2D eigenvalue weighted by atomic mass is 10.2. The van der Waals surface area contributed by atoms with Crippen LogP contribution < -0.4 is 10.6 Å². The number of carbonyl (C=O) groups is 2. The highest BCUT2D eigenvalue weighted by Gasteiger charge is 2.22. The molecule has 6 nitrogen and oxygen atoms in total. The molecule has 0 spiro atoms.